The Morgan fingerprint density at radius 1 is 1.62 bits per heavy atom. The Labute approximate surface area is 91.8 Å². The number of hydrogen-bond donors (Lipinski definition) is 0. The van der Waals surface area contributed by atoms with Crippen molar-refractivity contribution in [2.24, 2.45) is 0 Å². The first-order valence-corrected chi connectivity index (χ1v) is 4.40. The van der Waals surface area contributed by atoms with Crippen molar-refractivity contribution in [1.82, 2.24) is 10.0 Å². The van der Waals surface area contributed by atoms with Crippen LogP contribution in [0.3, 0.4) is 0 Å². The lowest BCUT2D eigenvalue weighted by atomic mass is 10.2. The van der Waals surface area contributed by atoms with E-state index in [9.17, 15) is 14.9 Å². The van der Waals surface area contributed by atoms with Crippen molar-refractivity contribution in [2.45, 2.75) is 6.92 Å². The van der Waals surface area contributed by atoms with Crippen molar-refractivity contribution in [3.05, 3.63) is 33.6 Å². The summed E-state index contributed by atoms with van der Waals surface area (Å²) in [5.74, 6) is -0.476. The SMILES string of the molecule is CON(C)C(=O)c1cc([N+](=O)[O-])cnc1C. The molecule has 16 heavy (non-hydrogen) atoms. The molecule has 0 aliphatic carbocycles. The predicted octanol–water partition coefficient (Wildman–Crippen LogP) is 0.932. The summed E-state index contributed by atoms with van der Waals surface area (Å²) in [6.07, 6.45) is 1.11. The first-order chi connectivity index (χ1) is 7.47. The van der Waals surface area contributed by atoms with E-state index in [0.717, 1.165) is 11.3 Å². The molecular formula is C9H11N3O4. The van der Waals surface area contributed by atoms with Gasteiger partial charge < -0.3 is 0 Å². The van der Waals surface area contributed by atoms with E-state index in [4.69, 9.17) is 4.84 Å². The summed E-state index contributed by atoms with van der Waals surface area (Å²) < 4.78 is 0. The molecule has 0 aliphatic rings. The number of aryl methyl sites for hydroxylation is 1. The van der Waals surface area contributed by atoms with E-state index in [0.29, 0.717) is 5.69 Å². The lowest BCUT2D eigenvalue weighted by molar-refractivity contribution is -0.385. The first kappa shape index (κ1) is 12.1. The van der Waals surface area contributed by atoms with Gasteiger partial charge in [-0.15, -0.1) is 0 Å². The molecule has 0 atom stereocenters. The van der Waals surface area contributed by atoms with E-state index in [2.05, 4.69) is 4.98 Å². The molecule has 1 amide bonds. The van der Waals surface area contributed by atoms with Crippen LogP contribution in [0, 0.1) is 17.0 Å². The zero-order valence-corrected chi connectivity index (χ0v) is 9.13. The molecule has 86 valence electrons. The minimum atomic E-state index is -0.601. The molecule has 0 saturated carbocycles. The minimum Gasteiger partial charge on any atom is -0.274 e. The standard InChI is InChI=1S/C9H11N3O4/c1-6-8(9(13)11(2)16-3)4-7(5-10-6)12(14)15/h4-5H,1-3H3. The lowest BCUT2D eigenvalue weighted by Crippen LogP contribution is -2.26. The molecular weight excluding hydrogens is 214 g/mol. The monoisotopic (exact) mass is 225 g/mol. The van der Waals surface area contributed by atoms with E-state index in [-0.39, 0.29) is 11.3 Å². The highest BCUT2D eigenvalue weighted by atomic mass is 16.7. The van der Waals surface area contributed by atoms with Crippen LogP contribution in [0.2, 0.25) is 0 Å². The van der Waals surface area contributed by atoms with Crippen molar-refractivity contribution in [1.29, 1.82) is 0 Å². The Hall–Kier alpha value is -2.02. The van der Waals surface area contributed by atoms with Gasteiger partial charge in [0.15, 0.2) is 0 Å². The summed E-state index contributed by atoms with van der Waals surface area (Å²) in [6.45, 7) is 1.60. The zero-order chi connectivity index (χ0) is 12.3. The number of aromatic nitrogens is 1. The van der Waals surface area contributed by atoms with Crippen molar-refractivity contribution >= 4 is 11.6 Å². The van der Waals surface area contributed by atoms with Crippen LogP contribution < -0.4 is 0 Å². The van der Waals surface area contributed by atoms with Crippen molar-refractivity contribution in [3.63, 3.8) is 0 Å². The highest BCUT2D eigenvalue weighted by molar-refractivity contribution is 5.94. The van der Waals surface area contributed by atoms with Gasteiger partial charge in [0, 0.05) is 13.1 Å². The highest BCUT2D eigenvalue weighted by Crippen LogP contribution is 2.16. The lowest BCUT2D eigenvalue weighted by Gasteiger charge is -2.14. The summed E-state index contributed by atoms with van der Waals surface area (Å²) in [7, 11) is 2.75. The molecule has 0 aromatic carbocycles. The van der Waals surface area contributed by atoms with Gasteiger partial charge in [-0.1, -0.05) is 0 Å². The molecule has 7 heteroatoms. The molecule has 0 bridgehead atoms. The number of hydrogen-bond acceptors (Lipinski definition) is 5. The maximum Gasteiger partial charge on any atom is 0.288 e. The largest absolute Gasteiger partial charge is 0.288 e. The molecule has 1 rings (SSSR count). The van der Waals surface area contributed by atoms with E-state index in [1.807, 2.05) is 0 Å². The van der Waals surface area contributed by atoms with Gasteiger partial charge in [0.2, 0.25) is 0 Å². The second-order valence-electron chi connectivity index (χ2n) is 3.07. The average Bonchev–Trinajstić information content (AvgIpc) is 2.27. The van der Waals surface area contributed by atoms with Crippen LogP contribution in [0.25, 0.3) is 0 Å². The average molecular weight is 225 g/mol. The van der Waals surface area contributed by atoms with E-state index >= 15 is 0 Å². The Balaban J connectivity index is 3.17. The van der Waals surface area contributed by atoms with Crippen molar-refractivity contribution < 1.29 is 14.6 Å². The number of nitrogens with zero attached hydrogens (tertiary/aromatic N) is 3. The molecule has 0 aliphatic heterocycles. The Morgan fingerprint density at radius 2 is 2.25 bits per heavy atom. The third-order valence-electron chi connectivity index (χ3n) is 2.07. The van der Waals surface area contributed by atoms with Crippen LogP contribution in [-0.4, -0.2) is 35.0 Å². The van der Waals surface area contributed by atoms with Crippen molar-refractivity contribution in [2.75, 3.05) is 14.2 Å². The Kier molecular flexibility index (Phi) is 3.51. The number of pyridine rings is 1. The topological polar surface area (TPSA) is 85.6 Å². The van der Waals surface area contributed by atoms with Gasteiger partial charge in [0.25, 0.3) is 11.6 Å². The van der Waals surface area contributed by atoms with Crippen molar-refractivity contribution in [3.8, 4) is 0 Å². The molecule has 0 fully saturated rings. The van der Waals surface area contributed by atoms with Gasteiger partial charge in [-0.25, -0.2) is 5.06 Å². The third-order valence-corrected chi connectivity index (χ3v) is 2.07. The number of hydroxylamine groups is 2. The zero-order valence-electron chi connectivity index (χ0n) is 9.13. The summed E-state index contributed by atoms with van der Waals surface area (Å²) in [5.41, 5.74) is 0.344. The highest BCUT2D eigenvalue weighted by Gasteiger charge is 2.18. The molecule has 0 unspecified atom stereocenters. The smallest absolute Gasteiger partial charge is 0.274 e. The number of rotatable bonds is 3. The number of carbonyl (C=O) groups excluding carboxylic acids is 1. The molecule has 1 aromatic heterocycles. The molecule has 0 N–H and O–H groups in total. The van der Waals surface area contributed by atoms with Gasteiger partial charge in [-0.2, -0.15) is 0 Å². The number of carbonyl (C=O) groups is 1. The summed E-state index contributed by atoms with van der Waals surface area (Å²) in [5, 5.41) is 11.5. The number of nitro groups is 1. The molecule has 1 heterocycles. The van der Waals surface area contributed by atoms with Gasteiger partial charge >= 0.3 is 0 Å². The van der Waals surface area contributed by atoms with Crippen LogP contribution in [0.5, 0.6) is 0 Å². The van der Waals surface area contributed by atoms with Crippen LogP contribution in [0.15, 0.2) is 12.3 Å². The maximum atomic E-state index is 11.7. The normalized spacial score (nSPS) is 9.94. The quantitative estimate of drug-likeness (QED) is 0.564. The van der Waals surface area contributed by atoms with Crippen LogP contribution >= 0.6 is 0 Å². The van der Waals surface area contributed by atoms with Crippen LogP contribution in [0.1, 0.15) is 16.1 Å². The summed E-state index contributed by atoms with van der Waals surface area (Å²) in [4.78, 5) is 30.1. The second kappa shape index (κ2) is 4.67. The predicted molar refractivity (Wildman–Crippen MR) is 54.7 cm³/mol. The minimum absolute atomic E-state index is 0.151. The molecule has 7 nitrogen and oxygen atoms in total. The van der Waals surface area contributed by atoms with E-state index in [1.54, 1.807) is 6.92 Å². The number of amides is 1. The van der Waals surface area contributed by atoms with E-state index in [1.165, 1.54) is 20.2 Å². The molecule has 1 aromatic rings. The molecule has 0 radical (unpaired) electrons. The first-order valence-electron chi connectivity index (χ1n) is 4.40. The summed E-state index contributed by atoms with van der Waals surface area (Å²) in [6, 6.07) is 1.18. The fraction of sp³-hybridized carbons (Fsp3) is 0.333. The van der Waals surface area contributed by atoms with Gasteiger partial charge in [0.1, 0.15) is 6.20 Å². The van der Waals surface area contributed by atoms with Crippen LogP contribution in [-0.2, 0) is 4.84 Å². The summed E-state index contributed by atoms with van der Waals surface area (Å²) >= 11 is 0. The van der Waals surface area contributed by atoms with Gasteiger partial charge in [0.05, 0.1) is 23.3 Å². The Morgan fingerprint density at radius 3 is 2.75 bits per heavy atom. The van der Waals surface area contributed by atoms with Crippen LogP contribution in [0.4, 0.5) is 5.69 Å². The third kappa shape index (κ3) is 2.31. The fourth-order valence-corrected chi connectivity index (χ4v) is 1.09. The molecule has 0 saturated heterocycles. The van der Waals surface area contributed by atoms with Gasteiger partial charge in [-0.05, 0) is 6.92 Å². The second-order valence-corrected chi connectivity index (χ2v) is 3.07. The van der Waals surface area contributed by atoms with E-state index < -0.39 is 10.8 Å². The van der Waals surface area contributed by atoms with Gasteiger partial charge in [-0.3, -0.25) is 24.7 Å². The Bertz CT molecular complexity index is 433. The molecule has 0 spiro atoms. The maximum absolute atomic E-state index is 11.7. The fourth-order valence-electron chi connectivity index (χ4n) is 1.09.